The van der Waals surface area contributed by atoms with Gasteiger partial charge in [0.15, 0.2) is 0 Å². The van der Waals surface area contributed by atoms with E-state index in [2.05, 4.69) is 10.3 Å². The summed E-state index contributed by atoms with van der Waals surface area (Å²) < 4.78 is 1.06. The number of para-hydroxylation sites is 1. The molecule has 0 aliphatic carbocycles. The van der Waals surface area contributed by atoms with Gasteiger partial charge in [-0.1, -0.05) is 42.5 Å². The average molecular weight is 365 g/mol. The molecule has 5 nitrogen and oxygen atoms in total. The maximum Gasteiger partial charge on any atom is 0.325 e. The summed E-state index contributed by atoms with van der Waals surface area (Å²) in [6.07, 6.45) is 1.30. The largest absolute Gasteiger partial charge is 0.325 e. The van der Waals surface area contributed by atoms with Crippen molar-refractivity contribution < 1.29 is 9.59 Å². The van der Waals surface area contributed by atoms with Gasteiger partial charge in [0.1, 0.15) is 10.5 Å². The number of hydrogen-bond acceptors (Lipinski definition) is 4. The molecule has 1 unspecified atom stereocenters. The first-order valence-electron chi connectivity index (χ1n) is 8.58. The molecule has 1 fully saturated rings. The molecule has 3 amide bonds. The van der Waals surface area contributed by atoms with Gasteiger partial charge in [0, 0.05) is 0 Å². The van der Waals surface area contributed by atoms with E-state index in [1.807, 2.05) is 54.6 Å². The minimum atomic E-state index is -0.871. The SMILES string of the molecule is CC1(CCc2ccccc2)NC(=O)N(Cc2nc3ccccc3s2)C1=O. The van der Waals surface area contributed by atoms with E-state index in [4.69, 9.17) is 0 Å². The third-order valence-corrected chi connectivity index (χ3v) is 5.75. The molecule has 1 aliphatic heterocycles. The van der Waals surface area contributed by atoms with Gasteiger partial charge < -0.3 is 5.32 Å². The number of fused-ring (bicyclic) bond motifs is 1. The van der Waals surface area contributed by atoms with Crippen molar-refractivity contribution in [2.75, 3.05) is 0 Å². The molecular weight excluding hydrogens is 346 g/mol. The Bertz CT molecular complexity index is 936. The van der Waals surface area contributed by atoms with E-state index < -0.39 is 5.54 Å². The molecule has 2 heterocycles. The number of hydrogen-bond donors (Lipinski definition) is 1. The molecule has 4 rings (SSSR count). The van der Waals surface area contributed by atoms with Gasteiger partial charge in [0.25, 0.3) is 5.91 Å². The first kappa shape index (κ1) is 16.7. The highest BCUT2D eigenvalue weighted by Crippen LogP contribution is 2.27. The van der Waals surface area contributed by atoms with Crippen LogP contribution < -0.4 is 5.32 Å². The third-order valence-electron chi connectivity index (χ3n) is 4.73. The zero-order chi connectivity index (χ0) is 18.1. The maximum atomic E-state index is 12.9. The Labute approximate surface area is 155 Å². The number of benzene rings is 2. The lowest BCUT2D eigenvalue weighted by Gasteiger charge is -2.21. The molecule has 1 aromatic heterocycles. The number of rotatable bonds is 5. The van der Waals surface area contributed by atoms with E-state index in [0.717, 1.165) is 27.2 Å². The van der Waals surface area contributed by atoms with Crippen molar-refractivity contribution in [3.63, 3.8) is 0 Å². The third kappa shape index (κ3) is 3.08. The summed E-state index contributed by atoms with van der Waals surface area (Å²) in [7, 11) is 0. The van der Waals surface area contributed by atoms with Crippen LogP contribution in [0.4, 0.5) is 4.79 Å². The molecule has 132 valence electrons. The fraction of sp³-hybridized carbons (Fsp3) is 0.250. The highest BCUT2D eigenvalue weighted by molar-refractivity contribution is 7.18. The number of amides is 3. The fourth-order valence-electron chi connectivity index (χ4n) is 3.22. The van der Waals surface area contributed by atoms with Gasteiger partial charge in [-0.05, 0) is 37.5 Å². The molecule has 0 radical (unpaired) electrons. The Hall–Kier alpha value is -2.73. The van der Waals surface area contributed by atoms with Crippen molar-refractivity contribution in [1.29, 1.82) is 0 Å². The molecule has 6 heteroatoms. The standard InChI is InChI=1S/C20H19N3O2S/c1-20(12-11-14-7-3-2-4-8-14)18(24)23(19(25)22-20)13-17-21-15-9-5-6-10-16(15)26-17/h2-10H,11-13H2,1H3,(H,22,25). The fourth-order valence-corrected chi connectivity index (χ4v) is 4.18. The van der Waals surface area contributed by atoms with Gasteiger partial charge in [0.2, 0.25) is 0 Å². The zero-order valence-corrected chi connectivity index (χ0v) is 15.3. The lowest BCUT2D eigenvalue weighted by molar-refractivity contribution is -0.131. The minimum absolute atomic E-state index is 0.183. The molecule has 0 spiro atoms. The molecule has 0 bridgehead atoms. The number of aromatic nitrogens is 1. The average Bonchev–Trinajstić information content (AvgIpc) is 3.15. The summed E-state index contributed by atoms with van der Waals surface area (Å²) in [4.78, 5) is 31.1. The first-order valence-corrected chi connectivity index (χ1v) is 9.39. The lowest BCUT2D eigenvalue weighted by Crippen LogP contribution is -2.44. The predicted octanol–water partition coefficient (Wildman–Crippen LogP) is 3.74. The van der Waals surface area contributed by atoms with Crippen molar-refractivity contribution in [3.8, 4) is 0 Å². The second kappa shape index (κ2) is 6.53. The highest BCUT2D eigenvalue weighted by atomic mass is 32.1. The normalized spacial score (nSPS) is 20.0. The van der Waals surface area contributed by atoms with Crippen molar-refractivity contribution in [1.82, 2.24) is 15.2 Å². The van der Waals surface area contributed by atoms with Gasteiger partial charge in [-0.2, -0.15) is 0 Å². The summed E-state index contributed by atoms with van der Waals surface area (Å²) in [5, 5.41) is 3.63. The van der Waals surface area contributed by atoms with Crippen LogP contribution in [-0.2, 0) is 17.8 Å². The number of imide groups is 1. The van der Waals surface area contributed by atoms with Crippen molar-refractivity contribution in [2.45, 2.75) is 31.8 Å². The van der Waals surface area contributed by atoms with E-state index in [1.165, 1.54) is 16.2 Å². The number of nitrogens with one attached hydrogen (secondary N) is 1. The quantitative estimate of drug-likeness (QED) is 0.701. The highest BCUT2D eigenvalue weighted by Gasteiger charge is 2.47. The maximum absolute atomic E-state index is 12.9. The predicted molar refractivity (Wildman–Crippen MR) is 102 cm³/mol. The Balaban J connectivity index is 1.49. The van der Waals surface area contributed by atoms with Gasteiger partial charge >= 0.3 is 6.03 Å². The van der Waals surface area contributed by atoms with Crippen LogP contribution in [0.5, 0.6) is 0 Å². The van der Waals surface area contributed by atoms with Gasteiger partial charge in [-0.3, -0.25) is 9.69 Å². The zero-order valence-electron chi connectivity index (χ0n) is 14.4. The molecular formula is C20H19N3O2S. The smallest absolute Gasteiger partial charge is 0.323 e. The summed E-state index contributed by atoms with van der Waals surface area (Å²) in [6, 6.07) is 17.5. The van der Waals surface area contributed by atoms with E-state index >= 15 is 0 Å². The van der Waals surface area contributed by atoms with Crippen molar-refractivity contribution in [3.05, 3.63) is 65.2 Å². The molecule has 26 heavy (non-hydrogen) atoms. The Kier molecular flexibility index (Phi) is 4.20. The summed E-state index contributed by atoms with van der Waals surface area (Å²) in [5.41, 5.74) is 1.18. The molecule has 1 atom stereocenters. The molecule has 1 aliphatic rings. The summed E-state index contributed by atoms with van der Waals surface area (Å²) >= 11 is 1.51. The molecule has 0 saturated carbocycles. The topological polar surface area (TPSA) is 62.3 Å². The first-order chi connectivity index (χ1) is 12.5. The van der Waals surface area contributed by atoms with Crippen LogP contribution in [0.2, 0.25) is 0 Å². The second-order valence-corrected chi connectivity index (χ2v) is 7.83. The van der Waals surface area contributed by atoms with Crippen LogP contribution in [0.1, 0.15) is 23.9 Å². The number of urea groups is 1. The van der Waals surface area contributed by atoms with Crippen LogP contribution in [0.3, 0.4) is 0 Å². The van der Waals surface area contributed by atoms with E-state index in [0.29, 0.717) is 6.42 Å². The summed E-state index contributed by atoms with van der Waals surface area (Å²) in [6.45, 7) is 2.01. The Morgan fingerprint density at radius 1 is 1.08 bits per heavy atom. The van der Waals surface area contributed by atoms with Crippen molar-refractivity contribution in [2.24, 2.45) is 0 Å². The van der Waals surface area contributed by atoms with Crippen molar-refractivity contribution >= 4 is 33.5 Å². The van der Waals surface area contributed by atoms with Crippen LogP contribution in [0.15, 0.2) is 54.6 Å². The molecule has 3 aromatic rings. The van der Waals surface area contributed by atoms with E-state index in [1.54, 1.807) is 6.92 Å². The molecule has 2 aromatic carbocycles. The Morgan fingerprint density at radius 2 is 1.81 bits per heavy atom. The van der Waals surface area contributed by atoms with Crippen LogP contribution in [-0.4, -0.2) is 27.4 Å². The Morgan fingerprint density at radius 3 is 2.58 bits per heavy atom. The van der Waals surface area contributed by atoms with Crippen LogP contribution >= 0.6 is 11.3 Å². The summed E-state index contributed by atoms with van der Waals surface area (Å²) in [5.74, 6) is -0.183. The van der Waals surface area contributed by atoms with E-state index in [9.17, 15) is 9.59 Å². The number of carbonyl (C=O) groups is 2. The van der Waals surface area contributed by atoms with Gasteiger partial charge in [0.05, 0.1) is 16.8 Å². The van der Waals surface area contributed by atoms with Crippen LogP contribution in [0.25, 0.3) is 10.2 Å². The number of thiazole rings is 1. The van der Waals surface area contributed by atoms with Gasteiger partial charge in [-0.15, -0.1) is 11.3 Å². The molecule has 1 N–H and O–H groups in total. The van der Waals surface area contributed by atoms with E-state index in [-0.39, 0.29) is 18.5 Å². The number of carbonyl (C=O) groups excluding carboxylic acids is 2. The number of nitrogens with zero attached hydrogens (tertiary/aromatic N) is 2. The molecule has 1 saturated heterocycles. The minimum Gasteiger partial charge on any atom is -0.323 e. The lowest BCUT2D eigenvalue weighted by atomic mass is 9.93. The van der Waals surface area contributed by atoms with Gasteiger partial charge in [-0.25, -0.2) is 9.78 Å². The number of aryl methyl sites for hydroxylation is 1. The van der Waals surface area contributed by atoms with Crippen LogP contribution in [0, 0.1) is 0 Å². The monoisotopic (exact) mass is 365 g/mol. The second-order valence-electron chi connectivity index (χ2n) is 6.71.